The van der Waals surface area contributed by atoms with Gasteiger partial charge in [0.25, 0.3) is 5.91 Å². The molecule has 0 saturated carbocycles. The van der Waals surface area contributed by atoms with Crippen molar-refractivity contribution < 1.29 is 9.53 Å². The summed E-state index contributed by atoms with van der Waals surface area (Å²) < 4.78 is 5.51. The number of piperidine rings is 1. The van der Waals surface area contributed by atoms with Crippen molar-refractivity contribution >= 4 is 29.9 Å². The fourth-order valence-electron chi connectivity index (χ4n) is 2.57. The van der Waals surface area contributed by atoms with Crippen molar-refractivity contribution in [3.05, 3.63) is 29.3 Å². The third kappa shape index (κ3) is 5.06. The third-order valence-corrected chi connectivity index (χ3v) is 3.90. The van der Waals surface area contributed by atoms with Crippen LogP contribution in [0.3, 0.4) is 0 Å². The molecule has 2 unspecified atom stereocenters. The van der Waals surface area contributed by atoms with Crippen molar-refractivity contribution in [2.75, 3.05) is 13.2 Å². The van der Waals surface area contributed by atoms with E-state index in [1.165, 1.54) is 0 Å². The van der Waals surface area contributed by atoms with E-state index in [0.29, 0.717) is 10.8 Å². The van der Waals surface area contributed by atoms with Gasteiger partial charge in [0.05, 0.1) is 0 Å². The summed E-state index contributed by atoms with van der Waals surface area (Å²) in [6.45, 7) is 2.77. The number of nitrogens with two attached hydrogens (primary N) is 1. The summed E-state index contributed by atoms with van der Waals surface area (Å²) >= 11 is 5.81. The number of hydrogen-bond donors (Lipinski definition) is 1. The molecule has 0 aliphatic carbocycles. The minimum atomic E-state index is -0.00483. The summed E-state index contributed by atoms with van der Waals surface area (Å²) in [5, 5.41) is 0.650. The van der Waals surface area contributed by atoms with Crippen LogP contribution in [0.4, 0.5) is 0 Å². The van der Waals surface area contributed by atoms with Crippen LogP contribution in [0.15, 0.2) is 24.3 Å². The lowest BCUT2D eigenvalue weighted by Crippen LogP contribution is -2.52. The summed E-state index contributed by atoms with van der Waals surface area (Å²) in [4.78, 5) is 14.1. The van der Waals surface area contributed by atoms with Crippen LogP contribution in [0.25, 0.3) is 0 Å². The van der Waals surface area contributed by atoms with E-state index >= 15 is 0 Å². The molecule has 21 heavy (non-hydrogen) atoms. The third-order valence-electron chi connectivity index (χ3n) is 3.65. The SMILES string of the molecule is CC(N)C1CCCCN1C(=O)COc1ccc(Cl)cc1.Cl. The Morgan fingerprint density at radius 2 is 2.10 bits per heavy atom. The number of carbonyl (C=O) groups is 1. The van der Waals surface area contributed by atoms with E-state index in [1.807, 2.05) is 11.8 Å². The summed E-state index contributed by atoms with van der Waals surface area (Å²) in [6, 6.07) is 7.13. The van der Waals surface area contributed by atoms with Gasteiger partial charge in [-0.05, 0) is 50.5 Å². The highest BCUT2D eigenvalue weighted by Gasteiger charge is 2.29. The van der Waals surface area contributed by atoms with Crippen molar-refractivity contribution in [3.63, 3.8) is 0 Å². The van der Waals surface area contributed by atoms with Gasteiger partial charge in [0.1, 0.15) is 5.75 Å². The molecule has 6 heteroatoms. The molecular weight excluding hydrogens is 311 g/mol. The number of benzene rings is 1. The van der Waals surface area contributed by atoms with Gasteiger partial charge in [-0.25, -0.2) is 0 Å². The zero-order chi connectivity index (χ0) is 14.5. The van der Waals surface area contributed by atoms with E-state index in [9.17, 15) is 4.79 Å². The Morgan fingerprint density at radius 1 is 1.43 bits per heavy atom. The van der Waals surface area contributed by atoms with Crippen LogP contribution in [-0.2, 0) is 4.79 Å². The van der Waals surface area contributed by atoms with E-state index in [4.69, 9.17) is 22.1 Å². The summed E-state index contributed by atoms with van der Waals surface area (Å²) in [7, 11) is 0. The minimum absolute atomic E-state index is 0. The molecule has 2 rings (SSSR count). The van der Waals surface area contributed by atoms with Gasteiger partial charge in [-0.1, -0.05) is 11.6 Å². The molecule has 1 aliphatic heterocycles. The Morgan fingerprint density at radius 3 is 2.71 bits per heavy atom. The number of ether oxygens (including phenoxy) is 1. The smallest absolute Gasteiger partial charge is 0.260 e. The molecule has 4 nitrogen and oxygen atoms in total. The highest BCUT2D eigenvalue weighted by Crippen LogP contribution is 2.20. The lowest BCUT2D eigenvalue weighted by molar-refractivity contribution is -0.137. The maximum absolute atomic E-state index is 12.3. The normalized spacial score (nSPS) is 19.6. The summed E-state index contributed by atoms with van der Waals surface area (Å²) in [5.74, 6) is 0.652. The average Bonchev–Trinajstić information content (AvgIpc) is 2.46. The molecule has 1 heterocycles. The first-order valence-electron chi connectivity index (χ1n) is 7.01. The topological polar surface area (TPSA) is 55.6 Å². The first-order valence-corrected chi connectivity index (χ1v) is 7.39. The van der Waals surface area contributed by atoms with E-state index in [1.54, 1.807) is 24.3 Å². The monoisotopic (exact) mass is 332 g/mol. The molecule has 1 saturated heterocycles. The van der Waals surface area contributed by atoms with E-state index in [0.717, 1.165) is 25.8 Å². The van der Waals surface area contributed by atoms with Gasteiger partial charge in [-0.3, -0.25) is 4.79 Å². The molecule has 0 bridgehead atoms. The van der Waals surface area contributed by atoms with Gasteiger partial charge in [0.15, 0.2) is 6.61 Å². The lowest BCUT2D eigenvalue weighted by Gasteiger charge is -2.38. The van der Waals surface area contributed by atoms with Crippen molar-refractivity contribution in [2.45, 2.75) is 38.3 Å². The lowest BCUT2D eigenvalue weighted by atomic mass is 9.97. The maximum Gasteiger partial charge on any atom is 0.260 e. The van der Waals surface area contributed by atoms with Crippen LogP contribution in [0.5, 0.6) is 5.75 Å². The fraction of sp³-hybridized carbons (Fsp3) is 0.533. The molecule has 2 atom stereocenters. The van der Waals surface area contributed by atoms with Crippen LogP contribution in [0.2, 0.25) is 5.02 Å². The Bertz CT molecular complexity index is 451. The van der Waals surface area contributed by atoms with Gasteiger partial charge in [-0.2, -0.15) is 0 Å². The van der Waals surface area contributed by atoms with Gasteiger partial charge in [0.2, 0.25) is 0 Å². The second-order valence-electron chi connectivity index (χ2n) is 5.25. The first kappa shape index (κ1) is 18.1. The molecule has 1 aromatic carbocycles. The first-order chi connectivity index (χ1) is 9.58. The van der Waals surface area contributed by atoms with E-state index < -0.39 is 0 Å². The predicted molar refractivity (Wildman–Crippen MR) is 87.2 cm³/mol. The summed E-state index contributed by atoms with van der Waals surface area (Å²) in [5.41, 5.74) is 5.97. The van der Waals surface area contributed by atoms with Crippen LogP contribution in [0.1, 0.15) is 26.2 Å². The van der Waals surface area contributed by atoms with Gasteiger partial charge < -0.3 is 15.4 Å². The number of carbonyl (C=O) groups excluding carboxylic acids is 1. The standard InChI is InChI=1S/C15H21ClN2O2.ClH/c1-11(17)14-4-2-3-9-18(14)15(19)10-20-13-7-5-12(16)6-8-13;/h5-8,11,14H,2-4,9-10,17H2,1H3;1H. The molecule has 118 valence electrons. The maximum atomic E-state index is 12.3. The van der Waals surface area contributed by atoms with Gasteiger partial charge >= 0.3 is 0 Å². The van der Waals surface area contributed by atoms with E-state index in [-0.39, 0.29) is 37.0 Å². The van der Waals surface area contributed by atoms with Gasteiger partial charge in [-0.15, -0.1) is 12.4 Å². The largest absolute Gasteiger partial charge is 0.484 e. The van der Waals surface area contributed by atoms with Crippen LogP contribution in [0, 0.1) is 0 Å². The highest BCUT2D eigenvalue weighted by molar-refractivity contribution is 6.30. The number of amides is 1. The number of nitrogens with zero attached hydrogens (tertiary/aromatic N) is 1. The predicted octanol–water partition coefficient (Wildman–Crippen LogP) is 2.87. The Hall–Kier alpha value is -0.970. The molecule has 0 aromatic heterocycles. The van der Waals surface area contributed by atoms with Crippen molar-refractivity contribution in [2.24, 2.45) is 5.73 Å². The zero-order valence-electron chi connectivity index (χ0n) is 12.1. The molecule has 2 N–H and O–H groups in total. The quantitative estimate of drug-likeness (QED) is 0.922. The molecular formula is C15H22Cl2N2O2. The second-order valence-corrected chi connectivity index (χ2v) is 5.69. The molecule has 0 radical (unpaired) electrons. The van der Waals surface area contributed by atoms with Crippen LogP contribution in [-0.4, -0.2) is 36.0 Å². The van der Waals surface area contributed by atoms with Gasteiger partial charge in [0, 0.05) is 23.7 Å². The van der Waals surface area contributed by atoms with E-state index in [2.05, 4.69) is 0 Å². The fourth-order valence-corrected chi connectivity index (χ4v) is 2.70. The van der Waals surface area contributed by atoms with Crippen molar-refractivity contribution in [1.29, 1.82) is 0 Å². The molecule has 1 aromatic rings. The molecule has 0 spiro atoms. The number of halogens is 2. The Labute approximate surface area is 137 Å². The Balaban J connectivity index is 0.00000220. The number of likely N-dealkylation sites (tertiary alicyclic amines) is 1. The zero-order valence-corrected chi connectivity index (χ0v) is 13.7. The molecule has 1 aliphatic rings. The number of rotatable bonds is 4. The highest BCUT2D eigenvalue weighted by atomic mass is 35.5. The summed E-state index contributed by atoms with van der Waals surface area (Å²) in [6.07, 6.45) is 3.15. The van der Waals surface area contributed by atoms with Crippen LogP contribution >= 0.6 is 24.0 Å². The number of hydrogen-bond acceptors (Lipinski definition) is 3. The average molecular weight is 333 g/mol. The Kier molecular flexibility index (Phi) is 7.29. The van der Waals surface area contributed by atoms with Crippen molar-refractivity contribution in [3.8, 4) is 5.75 Å². The second kappa shape index (κ2) is 8.47. The van der Waals surface area contributed by atoms with Crippen LogP contribution < -0.4 is 10.5 Å². The van der Waals surface area contributed by atoms with Crippen molar-refractivity contribution in [1.82, 2.24) is 4.90 Å². The minimum Gasteiger partial charge on any atom is -0.484 e. The molecule has 1 fully saturated rings. The molecule has 1 amide bonds.